The van der Waals surface area contributed by atoms with Crippen molar-refractivity contribution < 1.29 is 53.0 Å². The molecule has 0 radical (unpaired) electrons. The SMILES string of the molecule is Cc1ccc(C#Cc2cc(F)c3c(F)c(C(F)(F)Oc4cc(F)c5c(F)c(C#CC(F)(F)F)c(F)cc5c4)c(F)cc3c2)cc1. The van der Waals surface area contributed by atoms with Gasteiger partial charge in [-0.15, -0.1) is 0 Å². The molecule has 0 saturated carbocycles. The van der Waals surface area contributed by atoms with Crippen LogP contribution >= 0.6 is 0 Å². The normalized spacial score (nSPS) is 11.6. The van der Waals surface area contributed by atoms with Crippen molar-refractivity contribution in [3.8, 4) is 29.4 Å². The van der Waals surface area contributed by atoms with Crippen LogP contribution in [0.4, 0.5) is 48.3 Å². The smallest absolute Gasteiger partial charge is 0.429 e. The number of hydrogen-bond acceptors (Lipinski definition) is 1. The van der Waals surface area contributed by atoms with Crippen LogP contribution in [0.1, 0.15) is 27.8 Å². The predicted octanol–water partition coefficient (Wildman–Crippen LogP) is 9.58. The zero-order valence-corrected chi connectivity index (χ0v) is 22.3. The topological polar surface area (TPSA) is 9.23 Å². The summed E-state index contributed by atoms with van der Waals surface area (Å²) in [5.41, 5.74) is -2.00. The molecule has 45 heavy (non-hydrogen) atoms. The molecule has 228 valence electrons. The molecule has 0 spiro atoms. The van der Waals surface area contributed by atoms with Gasteiger partial charge in [0.15, 0.2) is 5.82 Å². The minimum absolute atomic E-state index is 0.0196. The van der Waals surface area contributed by atoms with Crippen LogP contribution in [0.5, 0.6) is 5.75 Å². The predicted molar refractivity (Wildman–Crippen MR) is 142 cm³/mol. The van der Waals surface area contributed by atoms with Crippen LogP contribution in [-0.2, 0) is 6.11 Å². The van der Waals surface area contributed by atoms with Crippen LogP contribution in [0.2, 0.25) is 0 Å². The van der Waals surface area contributed by atoms with Crippen LogP contribution in [0.3, 0.4) is 0 Å². The Labute approximate surface area is 246 Å². The summed E-state index contributed by atoms with van der Waals surface area (Å²) >= 11 is 0. The zero-order valence-electron chi connectivity index (χ0n) is 22.3. The van der Waals surface area contributed by atoms with Gasteiger partial charge in [-0.3, -0.25) is 0 Å². The highest BCUT2D eigenvalue weighted by Gasteiger charge is 2.42. The molecule has 0 aliphatic carbocycles. The molecule has 0 atom stereocenters. The van der Waals surface area contributed by atoms with Crippen LogP contribution in [-0.4, -0.2) is 6.18 Å². The van der Waals surface area contributed by atoms with Crippen molar-refractivity contribution in [3.63, 3.8) is 0 Å². The van der Waals surface area contributed by atoms with Gasteiger partial charge in [0.05, 0.1) is 16.3 Å². The van der Waals surface area contributed by atoms with Gasteiger partial charge in [0, 0.05) is 23.1 Å². The molecule has 0 aliphatic rings. The summed E-state index contributed by atoms with van der Waals surface area (Å²) in [6.45, 7) is 1.85. The van der Waals surface area contributed by atoms with Crippen molar-refractivity contribution in [1.82, 2.24) is 0 Å². The lowest BCUT2D eigenvalue weighted by molar-refractivity contribution is -0.189. The molecule has 5 rings (SSSR count). The van der Waals surface area contributed by atoms with E-state index in [0.29, 0.717) is 29.7 Å². The molecule has 0 heterocycles. The molecule has 0 saturated heterocycles. The summed E-state index contributed by atoms with van der Waals surface area (Å²) in [5.74, 6) is -4.52. The van der Waals surface area contributed by atoms with E-state index in [1.165, 1.54) is 5.92 Å². The summed E-state index contributed by atoms with van der Waals surface area (Å²) < 4.78 is 161. The van der Waals surface area contributed by atoms with Gasteiger partial charge in [-0.2, -0.15) is 22.0 Å². The number of rotatable bonds is 3. The molecule has 0 unspecified atom stereocenters. The Morgan fingerprint density at radius 1 is 0.578 bits per heavy atom. The van der Waals surface area contributed by atoms with Gasteiger partial charge in [0.25, 0.3) is 0 Å². The third-order valence-electron chi connectivity index (χ3n) is 6.40. The van der Waals surface area contributed by atoms with Crippen molar-refractivity contribution in [2.24, 2.45) is 0 Å². The standard InChI is InChI=1S/C33H13F11O/c1-16-2-4-17(5-3-16)6-7-18-10-19-14-26(37)29(31(39)28(19)24(35)11-18)33(43,44)45-21-12-20-13-23(34)22(8-9-32(40,41)42)30(38)27(20)25(36)15-21/h2-5,10-15H,1H3. The van der Waals surface area contributed by atoms with Crippen molar-refractivity contribution in [2.45, 2.75) is 19.2 Å². The lowest BCUT2D eigenvalue weighted by atomic mass is 10.0. The largest absolute Gasteiger partial charge is 0.458 e. The molecular formula is C33H13F11O. The minimum atomic E-state index is -5.13. The highest BCUT2D eigenvalue weighted by Crippen LogP contribution is 2.40. The van der Waals surface area contributed by atoms with E-state index < -0.39 is 85.6 Å². The number of benzene rings is 5. The first-order valence-electron chi connectivity index (χ1n) is 12.5. The van der Waals surface area contributed by atoms with Crippen molar-refractivity contribution in [1.29, 1.82) is 0 Å². The van der Waals surface area contributed by atoms with Gasteiger partial charge in [0.2, 0.25) is 0 Å². The van der Waals surface area contributed by atoms with Crippen LogP contribution in [0.15, 0.2) is 60.7 Å². The van der Waals surface area contributed by atoms with E-state index in [1.54, 1.807) is 24.3 Å². The number of halogens is 11. The second kappa shape index (κ2) is 11.4. The van der Waals surface area contributed by atoms with E-state index in [-0.39, 0.29) is 11.6 Å². The number of alkyl halides is 5. The van der Waals surface area contributed by atoms with Gasteiger partial charge in [-0.25, -0.2) is 26.3 Å². The van der Waals surface area contributed by atoms with Crippen LogP contribution in [0.25, 0.3) is 21.5 Å². The van der Waals surface area contributed by atoms with Gasteiger partial charge in [-0.1, -0.05) is 35.5 Å². The molecule has 0 N–H and O–H groups in total. The van der Waals surface area contributed by atoms with E-state index in [0.717, 1.165) is 17.7 Å². The van der Waals surface area contributed by atoms with E-state index >= 15 is 13.2 Å². The summed E-state index contributed by atoms with van der Waals surface area (Å²) in [5, 5.41) is -3.40. The second-order valence-electron chi connectivity index (χ2n) is 9.64. The maximum absolute atomic E-state index is 15.3. The van der Waals surface area contributed by atoms with E-state index in [9.17, 15) is 35.1 Å². The molecular weight excluding hydrogens is 621 g/mol. The fourth-order valence-electron chi connectivity index (χ4n) is 4.42. The Kier molecular flexibility index (Phi) is 7.88. The van der Waals surface area contributed by atoms with Crippen molar-refractivity contribution in [2.75, 3.05) is 0 Å². The lowest BCUT2D eigenvalue weighted by Crippen LogP contribution is -2.25. The maximum Gasteiger partial charge on any atom is 0.458 e. The Morgan fingerprint density at radius 2 is 1.16 bits per heavy atom. The van der Waals surface area contributed by atoms with Gasteiger partial charge < -0.3 is 4.74 Å². The van der Waals surface area contributed by atoms with Gasteiger partial charge >= 0.3 is 12.3 Å². The van der Waals surface area contributed by atoms with E-state index in [4.69, 9.17) is 0 Å². The van der Waals surface area contributed by atoms with Gasteiger partial charge in [-0.05, 0) is 60.2 Å². The first kappa shape index (κ1) is 31.2. The third kappa shape index (κ3) is 6.36. The van der Waals surface area contributed by atoms with Crippen LogP contribution < -0.4 is 4.74 Å². The molecule has 1 nitrogen and oxygen atoms in total. The monoisotopic (exact) mass is 634 g/mol. The zero-order chi connectivity index (χ0) is 32.8. The van der Waals surface area contributed by atoms with Crippen molar-refractivity contribution >= 4 is 21.5 Å². The number of hydrogen-bond donors (Lipinski definition) is 0. The van der Waals surface area contributed by atoms with E-state index in [2.05, 4.69) is 16.6 Å². The molecule has 5 aromatic carbocycles. The summed E-state index contributed by atoms with van der Waals surface area (Å²) in [6, 6.07) is 10.1. The van der Waals surface area contributed by atoms with Crippen LogP contribution in [0, 0.1) is 65.5 Å². The highest BCUT2D eigenvalue weighted by molar-refractivity contribution is 5.88. The molecule has 0 aliphatic heterocycles. The molecule has 0 fully saturated rings. The Balaban J connectivity index is 1.53. The second-order valence-corrected chi connectivity index (χ2v) is 9.64. The molecule has 12 heteroatoms. The first-order chi connectivity index (χ1) is 21.0. The molecule has 5 aromatic rings. The average Bonchev–Trinajstić information content (AvgIpc) is 2.90. The van der Waals surface area contributed by atoms with Gasteiger partial charge in [0.1, 0.15) is 40.4 Å². The molecule has 0 amide bonds. The summed E-state index contributed by atoms with van der Waals surface area (Å²) in [6.07, 6.45) is -10.1. The molecule has 0 aromatic heterocycles. The Hall–Kier alpha value is -5.23. The maximum atomic E-state index is 15.3. The van der Waals surface area contributed by atoms with E-state index in [1.807, 2.05) is 6.92 Å². The molecule has 0 bridgehead atoms. The summed E-state index contributed by atoms with van der Waals surface area (Å²) in [4.78, 5) is 0. The lowest BCUT2D eigenvalue weighted by Gasteiger charge is -2.21. The van der Waals surface area contributed by atoms with Crippen molar-refractivity contribution in [3.05, 3.63) is 123 Å². The number of ether oxygens (including phenoxy) is 1. The third-order valence-corrected chi connectivity index (χ3v) is 6.40. The first-order valence-corrected chi connectivity index (χ1v) is 12.5. The minimum Gasteiger partial charge on any atom is -0.429 e. The number of aryl methyl sites for hydroxylation is 1. The fraction of sp³-hybridized carbons (Fsp3) is 0.0909. The fourth-order valence-corrected chi connectivity index (χ4v) is 4.42. The highest BCUT2D eigenvalue weighted by atomic mass is 19.4. The number of fused-ring (bicyclic) bond motifs is 2. The Bertz CT molecular complexity index is 2130. The Morgan fingerprint density at radius 3 is 1.82 bits per heavy atom. The quantitative estimate of drug-likeness (QED) is 0.142. The average molecular weight is 634 g/mol. The summed E-state index contributed by atoms with van der Waals surface area (Å²) in [7, 11) is 0.